The van der Waals surface area contributed by atoms with Gasteiger partial charge in [0.05, 0.1) is 11.5 Å². The van der Waals surface area contributed by atoms with Crippen LogP contribution in [0.3, 0.4) is 0 Å². The molecule has 1 aliphatic heterocycles. The monoisotopic (exact) mass is 281 g/mol. The molecule has 21 heavy (non-hydrogen) atoms. The molecule has 0 aliphatic carbocycles. The van der Waals surface area contributed by atoms with Crippen molar-refractivity contribution in [2.45, 2.75) is 19.3 Å². The van der Waals surface area contributed by atoms with Crippen molar-refractivity contribution >= 4 is 11.7 Å². The number of para-hydroxylation sites is 1. The number of primary amides is 1. The van der Waals surface area contributed by atoms with Crippen LogP contribution in [0.2, 0.25) is 0 Å². The van der Waals surface area contributed by atoms with Crippen molar-refractivity contribution in [1.82, 2.24) is 0 Å². The van der Waals surface area contributed by atoms with Gasteiger partial charge in [0.15, 0.2) is 5.78 Å². The highest BCUT2D eigenvalue weighted by Gasteiger charge is 2.22. The van der Waals surface area contributed by atoms with Gasteiger partial charge in [0, 0.05) is 12.0 Å². The van der Waals surface area contributed by atoms with E-state index in [0.29, 0.717) is 23.5 Å². The van der Waals surface area contributed by atoms with Crippen LogP contribution in [0.25, 0.3) is 0 Å². The summed E-state index contributed by atoms with van der Waals surface area (Å²) in [6.07, 6.45) is 0.313. The molecule has 2 aromatic carbocycles. The van der Waals surface area contributed by atoms with Crippen LogP contribution in [0.5, 0.6) is 11.5 Å². The highest BCUT2D eigenvalue weighted by atomic mass is 16.5. The van der Waals surface area contributed by atoms with Crippen LogP contribution in [0.15, 0.2) is 42.5 Å². The van der Waals surface area contributed by atoms with Gasteiger partial charge < -0.3 is 10.5 Å². The van der Waals surface area contributed by atoms with Crippen molar-refractivity contribution in [2.75, 3.05) is 0 Å². The summed E-state index contributed by atoms with van der Waals surface area (Å²) in [5.74, 6) is 0.333. The molecule has 1 heterocycles. The zero-order valence-electron chi connectivity index (χ0n) is 11.6. The van der Waals surface area contributed by atoms with E-state index in [0.717, 1.165) is 11.1 Å². The summed E-state index contributed by atoms with van der Waals surface area (Å²) in [5.41, 5.74) is 7.47. The average Bonchev–Trinajstić information content (AvgIpc) is 2.61. The zero-order chi connectivity index (χ0) is 15.0. The molecule has 4 nitrogen and oxygen atoms in total. The van der Waals surface area contributed by atoms with E-state index in [-0.39, 0.29) is 5.78 Å². The third kappa shape index (κ3) is 2.40. The van der Waals surface area contributed by atoms with Gasteiger partial charge in [-0.2, -0.15) is 0 Å². The Hall–Kier alpha value is -2.62. The number of nitrogens with two attached hydrogens (primary N) is 1. The average molecular weight is 281 g/mol. The van der Waals surface area contributed by atoms with Gasteiger partial charge in [-0.05, 0) is 30.7 Å². The third-order valence-electron chi connectivity index (χ3n) is 3.78. The second-order valence-corrected chi connectivity index (χ2v) is 5.19. The first-order valence-corrected chi connectivity index (χ1v) is 6.78. The molecule has 2 aromatic rings. The van der Waals surface area contributed by atoms with E-state index in [1.165, 1.54) is 0 Å². The minimum atomic E-state index is -0.424. The predicted molar refractivity (Wildman–Crippen MR) is 78.6 cm³/mol. The van der Waals surface area contributed by atoms with Crippen molar-refractivity contribution < 1.29 is 14.3 Å². The van der Waals surface area contributed by atoms with E-state index in [1.807, 2.05) is 24.3 Å². The largest absolute Gasteiger partial charge is 0.456 e. The van der Waals surface area contributed by atoms with E-state index < -0.39 is 11.8 Å². The van der Waals surface area contributed by atoms with Crippen molar-refractivity contribution in [1.29, 1.82) is 0 Å². The zero-order valence-corrected chi connectivity index (χ0v) is 11.6. The van der Waals surface area contributed by atoms with E-state index in [4.69, 9.17) is 10.5 Å². The van der Waals surface area contributed by atoms with Crippen LogP contribution in [0, 0.1) is 0 Å². The van der Waals surface area contributed by atoms with Gasteiger partial charge in [-0.3, -0.25) is 9.59 Å². The number of hydrogen-bond acceptors (Lipinski definition) is 3. The van der Waals surface area contributed by atoms with Gasteiger partial charge in [0.1, 0.15) is 11.5 Å². The Morgan fingerprint density at radius 1 is 1.19 bits per heavy atom. The van der Waals surface area contributed by atoms with Crippen LogP contribution in [-0.2, 0) is 11.2 Å². The normalized spacial score (nSPS) is 14.4. The van der Waals surface area contributed by atoms with E-state index in [9.17, 15) is 9.59 Å². The van der Waals surface area contributed by atoms with Gasteiger partial charge in [-0.1, -0.05) is 24.3 Å². The number of amides is 1. The number of benzene rings is 2. The second-order valence-electron chi connectivity index (χ2n) is 5.19. The number of carbonyl (C=O) groups is 2. The first kappa shape index (κ1) is 13.4. The number of Topliss-reactive ketones (excluding diaryl/α,β-unsaturated/α-hetero) is 1. The van der Waals surface area contributed by atoms with Gasteiger partial charge in [0.25, 0.3) is 0 Å². The van der Waals surface area contributed by atoms with Crippen molar-refractivity contribution in [3.8, 4) is 11.5 Å². The quantitative estimate of drug-likeness (QED) is 0.920. The number of hydrogen-bond donors (Lipinski definition) is 1. The lowest BCUT2D eigenvalue weighted by molar-refractivity contribution is -0.119. The fourth-order valence-electron chi connectivity index (χ4n) is 2.42. The molecular weight excluding hydrogens is 266 g/mol. The van der Waals surface area contributed by atoms with E-state index in [2.05, 4.69) is 0 Å². The molecule has 0 spiro atoms. The maximum absolute atomic E-state index is 12.3. The van der Waals surface area contributed by atoms with Crippen LogP contribution in [0.1, 0.15) is 34.3 Å². The Labute approximate surface area is 122 Å². The Kier molecular flexibility index (Phi) is 3.22. The lowest BCUT2D eigenvalue weighted by Crippen LogP contribution is -2.18. The predicted octanol–water partition coefficient (Wildman–Crippen LogP) is 2.81. The second kappa shape index (κ2) is 5.05. The molecule has 2 N–H and O–H groups in total. The van der Waals surface area contributed by atoms with Gasteiger partial charge in [-0.15, -0.1) is 0 Å². The summed E-state index contributed by atoms with van der Waals surface area (Å²) >= 11 is 0. The molecule has 0 fully saturated rings. The lowest BCUT2D eigenvalue weighted by atomic mass is 9.96. The number of ether oxygens (including phenoxy) is 1. The fraction of sp³-hybridized carbons (Fsp3) is 0.176. The molecule has 1 aliphatic rings. The Morgan fingerprint density at radius 2 is 1.95 bits per heavy atom. The molecule has 3 rings (SSSR count). The summed E-state index contributed by atoms with van der Waals surface area (Å²) < 4.78 is 5.87. The SMILES string of the molecule is CC(C(N)=O)c1ccc2c(c1)Oc1ccccc1CC2=O. The van der Waals surface area contributed by atoms with Crippen molar-refractivity contribution in [3.63, 3.8) is 0 Å². The number of rotatable bonds is 2. The fourth-order valence-corrected chi connectivity index (χ4v) is 2.42. The molecule has 106 valence electrons. The number of ketones is 1. The Balaban J connectivity index is 2.08. The standard InChI is InChI=1S/C17H15NO3/c1-10(17(18)20)11-6-7-13-14(19)8-12-4-2-3-5-15(12)21-16(13)9-11/h2-7,9-10H,8H2,1H3,(H2,18,20). The summed E-state index contributed by atoms with van der Waals surface area (Å²) in [5, 5.41) is 0. The molecular formula is C17H15NO3. The van der Waals surface area contributed by atoms with Crippen molar-refractivity contribution in [2.24, 2.45) is 5.73 Å². The molecule has 0 bridgehead atoms. The highest BCUT2D eigenvalue weighted by molar-refractivity contribution is 6.01. The summed E-state index contributed by atoms with van der Waals surface area (Å²) in [6.45, 7) is 1.73. The first-order chi connectivity index (χ1) is 10.1. The first-order valence-electron chi connectivity index (χ1n) is 6.78. The lowest BCUT2D eigenvalue weighted by Gasteiger charge is -2.12. The number of carbonyl (C=O) groups excluding carboxylic acids is 2. The van der Waals surface area contributed by atoms with Gasteiger partial charge >= 0.3 is 0 Å². The number of fused-ring (bicyclic) bond motifs is 2. The molecule has 0 radical (unpaired) electrons. The molecule has 1 atom stereocenters. The maximum Gasteiger partial charge on any atom is 0.224 e. The summed E-state index contributed by atoms with van der Waals surface area (Å²) in [7, 11) is 0. The highest BCUT2D eigenvalue weighted by Crippen LogP contribution is 2.35. The van der Waals surface area contributed by atoms with Gasteiger partial charge in [0.2, 0.25) is 5.91 Å². The smallest absolute Gasteiger partial charge is 0.224 e. The minimum Gasteiger partial charge on any atom is -0.456 e. The van der Waals surface area contributed by atoms with Crippen LogP contribution >= 0.6 is 0 Å². The molecule has 4 heteroatoms. The Morgan fingerprint density at radius 3 is 2.71 bits per heavy atom. The van der Waals surface area contributed by atoms with Gasteiger partial charge in [-0.25, -0.2) is 0 Å². The molecule has 0 saturated carbocycles. The topological polar surface area (TPSA) is 69.4 Å². The minimum absolute atomic E-state index is 0.00762. The molecule has 0 aromatic heterocycles. The van der Waals surface area contributed by atoms with E-state index >= 15 is 0 Å². The van der Waals surface area contributed by atoms with Crippen LogP contribution < -0.4 is 10.5 Å². The maximum atomic E-state index is 12.3. The Bertz CT molecular complexity index is 737. The van der Waals surface area contributed by atoms with Crippen molar-refractivity contribution in [3.05, 3.63) is 59.2 Å². The van der Waals surface area contributed by atoms with Crippen LogP contribution in [-0.4, -0.2) is 11.7 Å². The molecule has 0 saturated heterocycles. The van der Waals surface area contributed by atoms with Crippen LogP contribution in [0.4, 0.5) is 0 Å². The summed E-state index contributed by atoms with van der Waals surface area (Å²) in [6, 6.07) is 12.7. The molecule has 1 unspecified atom stereocenters. The third-order valence-corrected chi connectivity index (χ3v) is 3.78. The summed E-state index contributed by atoms with van der Waals surface area (Å²) in [4.78, 5) is 23.6. The van der Waals surface area contributed by atoms with E-state index in [1.54, 1.807) is 25.1 Å². The molecule has 1 amide bonds.